The Balaban J connectivity index is 1.93. The Morgan fingerprint density at radius 2 is 1.10 bits per heavy atom. The average molecular weight is 629 g/mol. The Morgan fingerprint density at radius 3 is 1.45 bits per heavy atom. The molecule has 20 heteroatoms. The second kappa shape index (κ2) is 13.1. The standard InChI is InChI=1S/C20H14F9N2O7S2/c21-18(22,23)16(30-37-39-32)12-2-6-14(7-3-12)35-10-1-11-36-15-8-4-13(5-9-15)17(19(24,25)26)31-38-40(33,34)20(27,28)29/h2-9H,1,10-11H2/q+1/b30-16-,31-17-. The predicted molar refractivity (Wildman–Crippen MR) is 119 cm³/mol. The van der Waals surface area contributed by atoms with Crippen molar-refractivity contribution in [3.63, 3.8) is 0 Å². The van der Waals surface area contributed by atoms with Crippen LogP contribution < -0.4 is 9.47 Å². The van der Waals surface area contributed by atoms with Crippen LogP contribution in [0.1, 0.15) is 17.5 Å². The van der Waals surface area contributed by atoms with Crippen LogP contribution in [0.25, 0.3) is 0 Å². The van der Waals surface area contributed by atoms with Gasteiger partial charge in [0.2, 0.25) is 0 Å². The lowest BCUT2D eigenvalue weighted by Gasteiger charge is -2.12. The minimum atomic E-state index is -6.41. The minimum absolute atomic E-state index is 0.00345. The molecule has 220 valence electrons. The van der Waals surface area contributed by atoms with Crippen LogP contribution in [0, 0.1) is 0 Å². The van der Waals surface area contributed by atoms with E-state index in [0.717, 1.165) is 36.4 Å². The zero-order valence-corrected chi connectivity index (χ0v) is 20.8. The van der Waals surface area contributed by atoms with E-state index < -0.39 is 62.5 Å². The molecule has 0 saturated carbocycles. The van der Waals surface area contributed by atoms with Crippen LogP contribution in [-0.2, 0) is 34.8 Å². The normalized spacial score (nSPS) is 13.5. The van der Waals surface area contributed by atoms with Crippen LogP contribution in [0.5, 0.6) is 11.5 Å². The molecule has 0 N–H and O–H groups in total. The first kappa shape index (κ1) is 32.5. The van der Waals surface area contributed by atoms with Gasteiger partial charge in [0, 0.05) is 17.5 Å². The summed E-state index contributed by atoms with van der Waals surface area (Å²) < 4.78 is 165. The van der Waals surface area contributed by atoms with Gasteiger partial charge in [0.1, 0.15) is 11.5 Å². The molecule has 2 aromatic rings. The molecule has 0 fully saturated rings. The third-order valence-corrected chi connectivity index (χ3v) is 5.26. The third-order valence-electron chi connectivity index (χ3n) is 4.29. The lowest BCUT2D eigenvalue weighted by Crippen LogP contribution is -2.28. The SMILES string of the molecule is O=[S+]O/N=C(/c1ccc(OCCCOc2ccc(/C(=N/OS(=O)(=O)C(F)(F)F)C(F)(F)F)cc2)cc1)C(F)(F)F. The summed E-state index contributed by atoms with van der Waals surface area (Å²) in [6.07, 6.45) is -10.1. The molecule has 9 nitrogen and oxygen atoms in total. The van der Waals surface area contributed by atoms with Gasteiger partial charge in [-0.25, -0.2) is 0 Å². The van der Waals surface area contributed by atoms with Crippen molar-refractivity contribution in [2.45, 2.75) is 24.3 Å². The Hall–Kier alpha value is -3.68. The largest absolute Gasteiger partial charge is 0.783 e. The van der Waals surface area contributed by atoms with Crippen LogP contribution in [0.4, 0.5) is 39.5 Å². The Kier molecular flexibility index (Phi) is 10.7. The molecule has 0 spiro atoms. The van der Waals surface area contributed by atoms with Gasteiger partial charge in [0.05, 0.1) is 17.4 Å². The summed E-state index contributed by atoms with van der Waals surface area (Å²) in [6, 6.07) is 7.97. The second-order valence-corrected chi connectivity index (χ2v) is 8.90. The molecule has 0 atom stereocenters. The zero-order valence-electron chi connectivity index (χ0n) is 19.2. The number of rotatable bonds is 12. The lowest BCUT2D eigenvalue weighted by atomic mass is 10.1. The monoisotopic (exact) mass is 629 g/mol. The molecule has 2 aromatic carbocycles. The number of oxime groups is 2. The second-order valence-electron chi connectivity index (χ2n) is 7.09. The first-order chi connectivity index (χ1) is 18.5. The fourth-order valence-electron chi connectivity index (χ4n) is 2.57. The zero-order chi connectivity index (χ0) is 30.2. The quantitative estimate of drug-likeness (QED) is 0.0597. The molecule has 0 aliphatic rings. The van der Waals surface area contributed by atoms with E-state index in [-0.39, 0.29) is 31.1 Å². The van der Waals surface area contributed by atoms with E-state index in [1.165, 1.54) is 12.1 Å². The molecule has 0 aliphatic carbocycles. The molecule has 2 rings (SSSR count). The summed E-state index contributed by atoms with van der Waals surface area (Å²) in [7, 11) is -6.41. The fraction of sp³-hybridized carbons (Fsp3) is 0.300. The number of benzene rings is 2. The van der Waals surface area contributed by atoms with Gasteiger partial charge in [0.25, 0.3) is 0 Å². The number of alkyl halides is 9. The number of hydrogen-bond acceptors (Lipinski definition) is 9. The van der Waals surface area contributed by atoms with E-state index in [4.69, 9.17) is 9.47 Å². The molecule has 0 unspecified atom stereocenters. The summed E-state index contributed by atoms with van der Waals surface area (Å²) in [6.45, 7) is -0.0385. The smallest absolute Gasteiger partial charge is 0.493 e. The minimum Gasteiger partial charge on any atom is -0.493 e. The first-order valence-corrected chi connectivity index (χ1v) is 12.3. The number of nitrogens with zero attached hydrogens (tertiary/aromatic N) is 2. The highest BCUT2D eigenvalue weighted by atomic mass is 32.2. The van der Waals surface area contributed by atoms with Gasteiger partial charge in [-0.2, -0.15) is 47.9 Å². The Morgan fingerprint density at radius 1 is 0.700 bits per heavy atom. The van der Waals surface area contributed by atoms with Gasteiger partial charge < -0.3 is 9.47 Å². The maximum atomic E-state index is 13.2. The number of hydrogen-bond donors (Lipinski definition) is 0. The number of ether oxygens (including phenoxy) is 2. The topological polar surface area (TPSA) is 113 Å². The van der Waals surface area contributed by atoms with Gasteiger partial charge in [-0.3, -0.25) is 4.28 Å². The van der Waals surface area contributed by atoms with Gasteiger partial charge in [-0.15, -0.1) is 0 Å². The molecular formula is C20H14F9N2O7S2+. The van der Waals surface area contributed by atoms with Crippen LogP contribution in [-0.4, -0.2) is 50.9 Å². The van der Waals surface area contributed by atoms with Crippen molar-refractivity contribution in [2.75, 3.05) is 13.2 Å². The molecule has 0 aromatic heterocycles. The average Bonchev–Trinajstić information content (AvgIpc) is 2.83. The summed E-state index contributed by atoms with van der Waals surface area (Å²) in [5, 5.41) is 4.87. The molecule has 0 saturated heterocycles. The van der Waals surface area contributed by atoms with Crippen molar-refractivity contribution in [3.8, 4) is 11.5 Å². The summed E-state index contributed by atoms with van der Waals surface area (Å²) in [5.41, 5.74) is -10.7. The summed E-state index contributed by atoms with van der Waals surface area (Å²) in [5.74, 6) is 0.193. The summed E-state index contributed by atoms with van der Waals surface area (Å²) in [4.78, 5) is 0. The summed E-state index contributed by atoms with van der Waals surface area (Å²) >= 11 is -0.620. The van der Waals surface area contributed by atoms with Crippen molar-refractivity contribution < 1.29 is 70.2 Å². The first-order valence-electron chi connectivity index (χ1n) is 10.2. The highest BCUT2D eigenvalue weighted by Crippen LogP contribution is 2.28. The van der Waals surface area contributed by atoms with Crippen molar-refractivity contribution >= 4 is 33.5 Å². The van der Waals surface area contributed by atoms with Gasteiger partial charge in [-0.05, 0) is 58.0 Å². The van der Waals surface area contributed by atoms with Crippen LogP contribution in [0.2, 0.25) is 0 Å². The Labute approximate surface area is 223 Å². The van der Waals surface area contributed by atoms with Gasteiger partial charge in [-0.1, -0.05) is 5.16 Å². The lowest BCUT2D eigenvalue weighted by molar-refractivity contribution is -0.0634. The maximum Gasteiger partial charge on any atom is 0.783 e. The molecule has 40 heavy (non-hydrogen) atoms. The van der Waals surface area contributed by atoms with Gasteiger partial charge in [0.15, 0.2) is 11.4 Å². The van der Waals surface area contributed by atoms with E-state index in [1.807, 2.05) is 0 Å². The maximum absolute atomic E-state index is 13.2. The molecule has 0 heterocycles. The third kappa shape index (κ3) is 9.50. The van der Waals surface area contributed by atoms with E-state index in [0.29, 0.717) is 0 Å². The van der Waals surface area contributed by atoms with E-state index in [9.17, 15) is 52.1 Å². The highest BCUT2D eigenvalue weighted by Gasteiger charge is 2.50. The predicted octanol–water partition coefficient (Wildman–Crippen LogP) is 5.29. The molecular weight excluding hydrogens is 615 g/mol. The van der Waals surface area contributed by atoms with Crippen molar-refractivity contribution in [2.24, 2.45) is 10.3 Å². The molecule has 0 radical (unpaired) electrons. The Bertz CT molecular complexity index is 1310. The molecule has 0 aliphatic heterocycles. The van der Waals surface area contributed by atoms with E-state index in [1.54, 1.807) is 0 Å². The van der Waals surface area contributed by atoms with Crippen molar-refractivity contribution in [3.05, 3.63) is 59.7 Å². The van der Waals surface area contributed by atoms with Crippen molar-refractivity contribution in [1.29, 1.82) is 0 Å². The van der Waals surface area contributed by atoms with Crippen LogP contribution >= 0.6 is 0 Å². The highest BCUT2D eigenvalue weighted by molar-refractivity contribution is 7.87. The molecule has 0 bridgehead atoms. The number of halogens is 9. The van der Waals surface area contributed by atoms with E-state index in [2.05, 4.69) is 18.9 Å². The molecule has 0 amide bonds. The van der Waals surface area contributed by atoms with E-state index >= 15 is 0 Å². The van der Waals surface area contributed by atoms with Crippen molar-refractivity contribution in [1.82, 2.24) is 0 Å². The fourth-order valence-corrected chi connectivity index (χ4v) is 2.94. The van der Waals surface area contributed by atoms with Crippen LogP contribution in [0.3, 0.4) is 0 Å². The van der Waals surface area contributed by atoms with Crippen LogP contribution in [0.15, 0.2) is 58.8 Å². The van der Waals surface area contributed by atoms with Gasteiger partial charge >= 0.3 is 39.9 Å².